The molecule has 0 amide bonds. The Morgan fingerprint density at radius 2 is 2.00 bits per heavy atom. The van der Waals surface area contributed by atoms with E-state index >= 15 is 0 Å². The van der Waals surface area contributed by atoms with Gasteiger partial charge in [-0.1, -0.05) is 29.8 Å². The summed E-state index contributed by atoms with van der Waals surface area (Å²) < 4.78 is 0. The predicted octanol–water partition coefficient (Wildman–Crippen LogP) is 2.80. The van der Waals surface area contributed by atoms with E-state index in [0.29, 0.717) is 22.0 Å². The molecule has 5 heteroatoms. The van der Waals surface area contributed by atoms with E-state index in [1.165, 1.54) is 6.33 Å². The quantitative estimate of drug-likeness (QED) is 0.888. The minimum absolute atomic E-state index is 0.0839. The largest absolute Gasteiger partial charge is 0.478 e. The van der Waals surface area contributed by atoms with E-state index in [1.54, 1.807) is 31.2 Å². The molecular weight excluding hydrogens is 240 g/mol. The van der Waals surface area contributed by atoms with E-state index < -0.39 is 5.97 Å². The van der Waals surface area contributed by atoms with Crippen molar-refractivity contribution < 1.29 is 9.90 Å². The summed E-state index contributed by atoms with van der Waals surface area (Å²) in [6.45, 7) is 1.63. The van der Waals surface area contributed by atoms with Gasteiger partial charge in [0, 0.05) is 10.6 Å². The number of aromatic nitrogens is 2. The zero-order chi connectivity index (χ0) is 12.4. The highest BCUT2D eigenvalue weighted by Crippen LogP contribution is 2.29. The summed E-state index contributed by atoms with van der Waals surface area (Å²) in [5.41, 5.74) is 1.44. The highest BCUT2D eigenvalue weighted by Gasteiger charge is 2.18. The number of nitrogens with zero attached hydrogens (tertiary/aromatic N) is 2. The molecular formula is C12H9ClN2O2. The number of hydrogen-bond acceptors (Lipinski definition) is 3. The summed E-state index contributed by atoms with van der Waals surface area (Å²) in [5, 5.41) is 9.64. The zero-order valence-electron chi connectivity index (χ0n) is 9.01. The number of rotatable bonds is 2. The molecule has 86 valence electrons. The Morgan fingerprint density at radius 3 is 2.65 bits per heavy atom. The van der Waals surface area contributed by atoms with E-state index in [4.69, 9.17) is 11.6 Å². The van der Waals surface area contributed by atoms with Crippen molar-refractivity contribution >= 4 is 17.6 Å². The van der Waals surface area contributed by atoms with Gasteiger partial charge in [0.2, 0.25) is 0 Å². The topological polar surface area (TPSA) is 63.1 Å². The molecule has 17 heavy (non-hydrogen) atoms. The smallest absolute Gasteiger partial charge is 0.339 e. The number of carboxylic acids is 1. The molecule has 1 aromatic heterocycles. The van der Waals surface area contributed by atoms with Crippen LogP contribution in [0.15, 0.2) is 30.6 Å². The standard InChI is InChI=1S/C12H9ClN2O2/c1-7-10(12(16)17)11(15-6-14-7)8-4-2-3-5-9(8)13/h2-6H,1H3,(H,16,17). The number of carbonyl (C=O) groups is 1. The zero-order valence-corrected chi connectivity index (χ0v) is 9.77. The number of aryl methyl sites for hydroxylation is 1. The maximum absolute atomic E-state index is 11.2. The number of carboxylic acid groups (broad SMARTS) is 1. The van der Waals surface area contributed by atoms with Crippen molar-refractivity contribution in [2.24, 2.45) is 0 Å². The van der Waals surface area contributed by atoms with Crippen LogP contribution < -0.4 is 0 Å². The number of aromatic carboxylic acids is 1. The van der Waals surface area contributed by atoms with Crippen LogP contribution in [0.25, 0.3) is 11.3 Å². The maximum atomic E-state index is 11.2. The average molecular weight is 249 g/mol. The average Bonchev–Trinajstić information content (AvgIpc) is 2.28. The van der Waals surface area contributed by atoms with Gasteiger partial charge in [-0.15, -0.1) is 0 Å². The third-order valence-corrected chi connectivity index (χ3v) is 2.71. The van der Waals surface area contributed by atoms with Gasteiger partial charge >= 0.3 is 5.97 Å². The Labute approximate surface area is 103 Å². The van der Waals surface area contributed by atoms with Crippen LogP contribution >= 0.6 is 11.6 Å². The lowest BCUT2D eigenvalue weighted by Gasteiger charge is -2.08. The molecule has 0 unspecified atom stereocenters. The first-order valence-electron chi connectivity index (χ1n) is 4.91. The van der Waals surface area contributed by atoms with Crippen molar-refractivity contribution in [1.82, 2.24) is 9.97 Å². The van der Waals surface area contributed by atoms with Gasteiger partial charge in [0.1, 0.15) is 11.9 Å². The first-order valence-corrected chi connectivity index (χ1v) is 5.29. The summed E-state index contributed by atoms with van der Waals surface area (Å²) in [4.78, 5) is 19.1. The second kappa shape index (κ2) is 4.51. The minimum atomic E-state index is -1.06. The molecule has 0 aliphatic carbocycles. The van der Waals surface area contributed by atoms with Gasteiger partial charge in [-0.2, -0.15) is 0 Å². The number of benzene rings is 1. The lowest BCUT2D eigenvalue weighted by atomic mass is 10.0. The first-order chi connectivity index (χ1) is 8.11. The van der Waals surface area contributed by atoms with Crippen molar-refractivity contribution in [3.63, 3.8) is 0 Å². The molecule has 1 N–H and O–H groups in total. The van der Waals surface area contributed by atoms with Gasteiger partial charge in [-0.05, 0) is 13.0 Å². The number of hydrogen-bond donors (Lipinski definition) is 1. The van der Waals surface area contributed by atoms with Crippen LogP contribution in [0.5, 0.6) is 0 Å². The van der Waals surface area contributed by atoms with Crippen LogP contribution in [0.2, 0.25) is 5.02 Å². The Kier molecular flexibility index (Phi) is 3.06. The summed E-state index contributed by atoms with van der Waals surface area (Å²) in [6.07, 6.45) is 1.33. The van der Waals surface area contributed by atoms with Crippen LogP contribution in [-0.2, 0) is 0 Å². The molecule has 1 heterocycles. The molecule has 1 aromatic carbocycles. The lowest BCUT2D eigenvalue weighted by molar-refractivity contribution is 0.0696. The van der Waals surface area contributed by atoms with Gasteiger partial charge in [0.25, 0.3) is 0 Å². The molecule has 0 atom stereocenters. The van der Waals surface area contributed by atoms with E-state index in [2.05, 4.69) is 9.97 Å². The SMILES string of the molecule is Cc1ncnc(-c2ccccc2Cl)c1C(=O)O. The van der Waals surface area contributed by atoms with Gasteiger partial charge in [-0.3, -0.25) is 0 Å². The summed E-state index contributed by atoms with van der Waals surface area (Å²) in [6, 6.07) is 6.99. The van der Waals surface area contributed by atoms with Crippen molar-refractivity contribution in [2.75, 3.05) is 0 Å². The molecule has 0 spiro atoms. The summed E-state index contributed by atoms with van der Waals surface area (Å²) >= 11 is 6.03. The normalized spacial score (nSPS) is 10.2. The maximum Gasteiger partial charge on any atom is 0.339 e. The van der Waals surface area contributed by atoms with E-state index in [9.17, 15) is 9.90 Å². The van der Waals surface area contributed by atoms with Gasteiger partial charge in [0.15, 0.2) is 0 Å². The third kappa shape index (κ3) is 2.12. The van der Waals surface area contributed by atoms with Crippen molar-refractivity contribution in [3.05, 3.63) is 46.9 Å². The monoisotopic (exact) mass is 248 g/mol. The Morgan fingerprint density at radius 1 is 1.29 bits per heavy atom. The molecule has 0 radical (unpaired) electrons. The van der Waals surface area contributed by atoms with Crippen molar-refractivity contribution in [1.29, 1.82) is 0 Å². The van der Waals surface area contributed by atoms with Crippen LogP contribution in [0.3, 0.4) is 0 Å². The van der Waals surface area contributed by atoms with Crippen LogP contribution in [-0.4, -0.2) is 21.0 Å². The molecule has 0 saturated carbocycles. The second-order valence-corrected chi connectivity index (χ2v) is 3.87. The van der Waals surface area contributed by atoms with Crippen molar-refractivity contribution in [3.8, 4) is 11.3 Å². The van der Waals surface area contributed by atoms with Crippen molar-refractivity contribution in [2.45, 2.75) is 6.92 Å². The molecule has 0 aliphatic rings. The Hall–Kier alpha value is -1.94. The third-order valence-electron chi connectivity index (χ3n) is 2.38. The minimum Gasteiger partial charge on any atom is -0.478 e. The van der Waals surface area contributed by atoms with E-state index in [-0.39, 0.29) is 5.56 Å². The summed E-state index contributed by atoms with van der Waals surface area (Å²) in [7, 11) is 0. The number of halogens is 1. The van der Waals surface area contributed by atoms with Gasteiger partial charge in [-0.25, -0.2) is 14.8 Å². The molecule has 0 aliphatic heterocycles. The Balaban J connectivity index is 2.72. The fraction of sp³-hybridized carbons (Fsp3) is 0.0833. The molecule has 4 nitrogen and oxygen atoms in total. The van der Waals surface area contributed by atoms with E-state index in [0.717, 1.165) is 0 Å². The fourth-order valence-electron chi connectivity index (χ4n) is 1.59. The van der Waals surface area contributed by atoms with Gasteiger partial charge < -0.3 is 5.11 Å². The second-order valence-electron chi connectivity index (χ2n) is 3.47. The van der Waals surface area contributed by atoms with Gasteiger partial charge in [0.05, 0.1) is 11.4 Å². The van der Waals surface area contributed by atoms with Crippen LogP contribution in [0.4, 0.5) is 0 Å². The lowest BCUT2D eigenvalue weighted by Crippen LogP contribution is -2.06. The molecule has 0 fully saturated rings. The fourth-order valence-corrected chi connectivity index (χ4v) is 1.81. The van der Waals surface area contributed by atoms with E-state index in [1.807, 2.05) is 0 Å². The summed E-state index contributed by atoms with van der Waals surface area (Å²) in [5.74, 6) is -1.06. The Bertz CT molecular complexity index is 584. The highest BCUT2D eigenvalue weighted by atomic mass is 35.5. The molecule has 0 saturated heterocycles. The van der Waals surface area contributed by atoms with Crippen LogP contribution in [0.1, 0.15) is 16.1 Å². The molecule has 2 rings (SSSR count). The predicted molar refractivity (Wildman–Crippen MR) is 64.2 cm³/mol. The highest BCUT2D eigenvalue weighted by molar-refractivity contribution is 6.33. The molecule has 0 bridgehead atoms. The first kappa shape index (κ1) is 11.5. The molecule has 2 aromatic rings. The van der Waals surface area contributed by atoms with Crippen LogP contribution in [0, 0.1) is 6.92 Å².